The highest BCUT2D eigenvalue weighted by Crippen LogP contribution is 2.34. The van der Waals surface area contributed by atoms with Crippen LogP contribution in [0.2, 0.25) is 0 Å². The van der Waals surface area contributed by atoms with Gasteiger partial charge in [-0.1, -0.05) is 6.07 Å². The maximum atomic E-state index is 14.5. The van der Waals surface area contributed by atoms with Crippen LogP contribution in [0.4, 0.5) is 4.39 Å². The number of aromatic nitrogens is 6. The third-order valence-electron chi connectivity index (χ3n) is 6.17. The van der Waals surface area contributed by atoms with Gasteiger partial charge < -0.3 is 4.98 Å². The van der Waals surface area contributed by atoms with Gasteiger partial charge in [0.15, 0.2) is 0 Å². The second-order valence-electron chi connectivity index (χ2n) is 8.98. The highest BCUT2D eigenvalue weighted by atomic mass is 32.2. The second kappa shape index (κ2) is 8.64. The smallest absolute Gasteiger partial charge is 0.209 e. The molecule has 0 aliphatic rings. The van der Waals surface area contributed by atoms with E-state index in [2.05, 4.69) is 36.1 Å². The van der Waals surface area contributed by atoms with Gasteiger partial charge in [-0.2, -0.15) is 10.2 Å². The van der Waals surface area contributed by atoms with Gasteiger partial charge in [0.25, 0.3) is 0 Å². The largest absolute Gasteiger partial charge is 0.353 e. The van der Waals surface area contributed by atoms with Crippen LogP contribution in [0.5, 0.6) is 0 Å². The molecule has 0 amide bonds. The van der Waals surface area contributed by atoms with Crippen LogP contribution in [0.25, 0.3) is 55.6 Å². The topological polar surface area (TPSA) is 121 Å². The molecule has 0 aliphatic carbocycles. The molecular weight excluding hydrogens is 493 g/mol. The Kier molecular flexibility index (Phi) is 5.39. The van der Waals surface area contributed by atoms with E-state index in [0.29, 0.717) is 16.8 Å². The molecule has 37 heavy (non-hydrogen) atoms. The van der Waals surface area contributed by atoms with E-state index < -0.39 is 15.8 Å². The molecule has 9 nitrogen and oxygen atoms in total. The van der Waals surface area contributed by atoms with Crippen molar-refractivity contribution in [3.63, 3.8) is 0 Å². The number of H-pyrrole nitrogens is 2. The zero-order valence-electron chi connectivity index (χ0n) is 19.9. The SMILES string of the molecule is Cn1cc(-c2ccc3[nH]nc(-c4cc5c(-c6cc(F)cc(CNS(C)(=O)=O)c6)nccc5[nH]4)c3c2)cn1. The molecule has 0 unspecified atom stereocenters. The van der Waals surface area contributed by atoms with Crippen molar-refractivity contribution in [1.82, 2.24) is 34.7 Å². The van der Waals surface area contributed by atoms with E-state index in [0.717, 1.165) is 50.6 Å². The van der Waals surface area contributed by atoms with Crippen molar-refractivity contribution in [3.05, 3.63) is 78.5 Å². The Hall–Kier alpha value is -4.35. The molecule has 11 heteroatoms. The van der Waals surface area contributed by atoms with Gasteiger partial charge in [0, 0.05) is 53.4 Å². The summed E-state index contributed by atoms with van der Waals surface area (Å²) in [6, 6.07) is 14.3. The number of fused-ring (bicyclic) bond motifs is 2. The average molecular weight is 516 g/mol. The molecule has 3 N–H and O–H groups in total. The number of halogens is 1. The van der Waals surface area contributed by atoms with E-state index in [4.69, 9.17) is 0 Å². The molecule has 0 atom stereocenters. The van der Waals surface area contributed by atoms with Gasteiger partial charge >= 0.3 is 0 Å². The van der Waals surface area contributed by atoms with E-state index in [1.165, 1.54) is 12.1 Å². The number of hydrogen-bond donors (Lipinski definition) is 3. The van der Waals surface area contributed by atoms with E-state index >= 15 is 0 Å². The predicted molar refractivity (Wildman–Crippen MR) is 140 cm³/mol. The summed E-state index contributed by atoms with van der Waals surface area (Å²) in [5.41, 5.74) is 6.91. The van der Waals surface area contributed by atoms with Gasteiger partial charge in [-0.3, -0.25) is 14.8 Å². The first kappa shape index (κ1) is 23.1. The zero-order chi connectivity index (χ0) is 25.7. The molecule has 0 radical (unpaired) electrons. The van der Waals surface area contributed by atoms with E-state index in [1.54, 1.807) is 16.9 Å². The molecule has 4 aromatic heterocycles. The Bertz CT molecular complexity index is 1900. The van der Waals surface area contributed by atoms with Crippen molar-refractivity contribution in [1.29, 1.82) is 0 Å². The second-order valence-corrected chi connectivity index (χ2v) is 10.8. The molecule has 186 valence electrons. The third-order valence-corrected chi connectivity index (χ3v) is 6.84. The third kappa shape index (κ3) is 4.50. The Labute approximate surface area is 211 Å². The number of sulfonamides is 1. The lowest BCUT2D eigenvalue weighted by atomic mass is 10.0. The van der Waals surface area contributed by atoms with Crippen molar-refractivity contribution in [2.45, 2.75) is 6.54 Å². The predicted octanol–water partition coefficient (Wildman–Crippen LogP) is 4.36. The fraction of sp³-hybridized carbons (Fsp3) is 0.115. The summed E-state index contributed by atoms with van der Waals surface area (Å²) in [6.45, 7) is -0.0174. The summed E-state index contributed by atoms with van der Waals surface area (Å²) in [4.78, 5) is 7.93. The van der Waals surface area contributed by atoms with Gasteiger partial charge in [0.1, 0.15) is 11.5 Å². The van der Waals surface area contributed by atoms with Crippen LogP contribution in [0.3, 0.4) is 0 Å². The number of aryl methyl sites for hydroxylation is 1. The van der Waals surface area contributed by atoms with Crippen molar-refractivity contribution in [3.8, 4) is 33.8 Å². The molecular formula is C26H22FN7O2S. The van der Waals surface area contributed by atoms with Gasteiger partial charge in [-0.05, 0) is 53.6 Å². The molecule has 0 fully saturated rings. The van der Waals surface area contributed by atoms with Crippen LogP contribution in [0, 0.1) is 5.82 Å². The first-order valence-corrected chi connectivity index (χ1v) is 13.3. The lowest BCUT2D eigenvalue weighted by molar-refractivity contribution is 0.586. The fourth-order valence-electron chi connectivity index (χ4n) is 4.48. The zero-order valence-corrected chi connectivity index (χ0v) is 20.8. The summed E-state index contributed by atoms with van der Waals surface area (Å²) in [5, 5.41) is 13.7. The van der Waals surface area contributed by atoms with Crippen LogP contribution in [0.15, 0.2) is 67.1 Å². The summed E-state index contributed by atoms with van der Waals surface area (Å²) in [5.74, 6) is -0.474. The molecule has 6 aromatic rings. The number of pyridine rings is 1. The lowest BCUT2D eigenvalue weighted by Gasteiger charge is -2.07. The van der Waals surface area contributed by atoms with Gasteiger partial charge in [-0.25, -0.2) is 17.5 Å². The van der Waals surface area contributed by atoms with E-state index in [1.807, 2.05) is 43.7 Å². The number of rotatable bonds is 6. The summed E-state index contributed by atoms with van der Waals surface area (Å²) < 4.78 is 41.6. The quantitative estimate of drug-likeness (QED) is 0.304. The number of benzene rings is 2. The summed E-state index contributed by atoms with van der Waals surface area (Å²) in [6.07, 6.45) is 6.50. The van der Waals surface area contributed by atoms with E-state index in [9.17, 15) is 12.8 Å². The standard InChI is InChI=1S/C26H22FN7O2S/c1-34-14-18(13-29-34)16-3-4-23-20(10-16)26(33-32-23)24-11-21-22(31-24)5-6-28-25(21)17-7-15(8-19(27)9-17)12-30-37(2,35)36/h3-11,13-14,30-31H,12H2,1-2H3,(H,32,33). The molecule has 0 saturated carbocycles. The minimum Gasteiger partial charge on any atom is -0.353 e. The fourth-order valence-corrected chi connectivity index (χ4v) is 4.91. The maximum Gasteiger partial charge on any atom is 0.209 e. The Balaban J connectivity index is 1.43. The highest BCUT2D eigenvalue weighted by Gasteiger charge is 2.16. The number of nitrogens with one attached hydrogen (secondary N) is 3. The van der Waals surface area contributed by atoms with Crippen LogP contribution in [0.1, 0.15) is 5.56 Å². The van der Waals surface area contributed by atoms with Gasteiger partial charge in [-0.15, -0.1) is 0 Å². The summed E-state index contributed by atoms with van der Waals surface area (Å²) >= 11 is 0. The number of nitrogens with zero attached hydrogens (tertiary/aromatic N) is 4. The maximum absolute atomic E-state index is 14.5. The normalized spacial score (nSPS) is 12.1. The minimum absolute atomic E-state index is 0.0174. The van der Waals surface area contributed by atoms with Gasteiger partial charge in [0.2, 0.25) is 10.0 Å². The van der Waals surface area contributed by atoms with Crippen LogP contribution >= 0.6 is 0 Å². The molecule has 4 heterocycles. The Morgan fingerprint density at radius 1 is 0.973 bits per heavy atom. The Morgan fingerprint density at radius 2 is 1.81 bits per heavy atom. The minimum atomic E-state index is -3.41. The summed E-state index contributed by atoms with van der Waals surface area (Å²) in [7, 11) is -1.53. The van der Waals surface area contributed by atoms with Crippen LogP contribution < -0.4 is 4.72 Å². The number of hydrogen-bond acceptors (Lipinski definition) is 5. The first-order chi connectivity index (χ1) is 17.7. The van der Waals surface area contributed by atoms with Gasteiger partial charge in [0.05, 0.1) is 29.4 Å². The van der Waals surface area contributed by atoms with Crippen molar-refractivity contribution in [2.24, 2.45) is 7.05 Å². The highest BCUT2D eigenvalue weighted by molar-refractivity contribution is 7.88. The van der Waals surface area contributed by atoms with Crippen molar-refractivity contribution < 1.29 is 12.8 Å². The molecule has 0 aliphatic heterocycles. The van der Waals surface area contributed by atoms with Crippen LogP contribution in [-0.2, 0) is 23.6 Å². The average Bonchev–Trinajstić information content (AvgIpc) is 3.58. The molecule has 0 spiro atoms. The molecule has 0 saturated heterocycles. The Morgan fingerprint density at radius 3 is 2.59 bits per heavy atom. The number of aromatic amines is 2. The van der Waals surface area contributed by atoms with Crippen molar-refractivity contribution >= 4 is 31.8 Å². The molecule has 2 aromatic carbocycles. The lowest BCUT2D eigenvalue weighted by Crippen LogP contribution is -2.21. The monoisotopic (exact) mass is 515 g/mol. The first-order valence-electron chi connectivity index (χ1n) is 11.4. The molecule has 0 bridgehead atoms. The van der Waals surface area contributed by atoms with Crippen LogP contribution in [-0.4, -0.2) is 44.6 Å². The van der Waals surface area contributed by atoms with E-state index in [-0.39, 0.29) is 6.54 Å². The van der Waals surface area contributed by atoms with Crippen molar-refractivity contribution in [2.75, 3.05) is 6.26 Å². The molecule has 6 rings (SSSR count).